The standard InChI is InChI=1S/C20H31N5O3/c1-4-21-18(26)15-9-11-25(12-10-15)20(28)24-17-7-5-16(6-8-17)23-19(27)22-13-14(2)3/h5-8,14-15H,4,9-13H2,1-3H3,(H,21,26)(H,24,28)(H2,22,23,27). The summed E-state index contributed by atoms with van der Waals surface area (Å²) in [6.45, 7) is 8.31. The smallest absolute Gasteiger partial charge is 0.321 e. The third kappa shape index (κ3) is 6.75. The molecule has 0 aliphatic carbocycles. The first-order valence-corrected chi connectivity index (χ1v) is 9.87. The number of rotatable bonds is 6. The summed E-state index contributed by atoms with van der Waals surface area (Å²) < 4.78 is 0. The van der Waals surface area contributed by atoms with E-state index in [2.05, 4.69) is 21.3 Å². The van der Waals surface area contributed by atoms with Crippen LogP contribution in [0.4, 0.5) is 21.0 Å². The maximum atomic E-state index is 12.4. The first kappa shape index (κ1) is 21.5. The summed E-state index contributed by atoms with van der Waals surface area (Å²) in [4.78, 5) is 37.8. The topological polar surface area (TPSA) is 103 Å². The molecule has 8 heteroatoms. The molecule has 1 fully saturated rings. The highest BCUT2D eigenvalue weighted by molar-refractivity contribution is 5.91. The van der Waals surface area contributed by atoms with Gasteiger partial charge in [0.1, 0.15) is 0 Å². The van der Waals surface area contributed by atoms with Crippen LogP contribution in [-0.4, -0.2) is 49.0 Å². The lowest BCUT2D eigenvalue weighted by molar-refractivity contribution is -0.126. The molecule has 154 valence electrons. The summed E-state index contributed by atoms with van der Waals surface area (Å²) in [7, 11) is 0. The average molecular weight is 390 g/mol. The minimum absolute atomic E-state index is 0.0174. The van der Waals surface area contributed by atoms with Crippen molar-refractivity contribution in [2.24, 2.45) is 11.8 Å². The summed E-state index contributed by atoms with van der Waals surface area (Å²) >= 11 is 0. The van der Waals surface area contributed by atoms with Crippen molar-refractivity contribution in [2.45, 2.75) is 33.6 Å². The zero-order valence-corrected chi connectivity index (χ0v) is 16.9. The highest BCUT2D eigenvalue weighted by Gasteiger charge is 2.26. The Balaban J connectivity index is 1.78. The van der Waals surface area contributed by atoms with Crippen molar-refractivity contribution in [1.29, 1.82) is 0 Å². The molecular formula is C20H31N5O3. The summed E-state index contributed by atoms with van der Waals surface area (Å²) in [5, 5.41) is 11.2. The second-order valence-corrected chi connectivity index (χ2v) is 7.39. The van der Waals surface area contributed by atoms with E-state index in [1.165, 1.54) is 0 Å². The normalized spacial score (nSPS) is 14.5. The monoisotopic (exact) mass is 389 g/mol. The lowest BCUT2D eigenvalue weighted by atomic mass is 9.96. The Labute approximate surface area is 166 Å². The number of anilines is 2. The van der Waals surface area contributed by atoms with Crippen LogP contribution < -0.4 is 21.3 Å². The predicted octanol–water partition coefficient (Wildman–Crippen LogP) is 2.84. The molecule has 2 rings (SSSR count). The molecule has 0 saturated carbocycles. The van der Waals surface area contributed by atoms with Gasteiger partial charge in [0, 0.05) is 43.5 Å². The first-order valence-electron chi connectivity index (χ1n) is 9.87. The number of urea groups is 2. The number of benzene rings is 1. The number of nitrogens with zero attached hydrogens (tertiary/aromatic N) is 1. The van der Waals surface area contributed by atoms with Crippen LogP contribution in [0.15, 0.2) is 24.3 Å². The van der Waals surface area contributed by atoms with Gasteiger partial charge in [-0.2, -0.15) is 0 Å². The van der Waals surface area contributed by atoms with Gasteiger partial charge in [-0.15, -0.1) is 0 Å². The van der Waals surface area contributed by atoms with Gasteiger partial charge in [-0.25, -0.2) is 9.59 Å². The number of hydrogen-bond donors (Lipinski definition) is 4. The highest BCUT2D eigenvalue weighted by atomic mass is 16.2. The Morgan fingerprint density at radius 3 is 2.11 bits per heavy atom. The maximum absolute atomic E-state index is 12.4. The molecule has 1 aromatic carbocycles. The molecule has 0 spiro atoms. The van der Waals surface area contributed by atoms with Crippen LogP contribution in [0.3, 0.4) is 0 Å². The van der Waals surface area contributed by atoms with E-state index >= 15 is 0 Å². The van der Waals surface area contributed by atoms with E-state index in [-0.39, 0.29) is 23.9 Å². The molecule has 0 unspecified atom stereocenters. The van der Waals surface area contributed by atoms with Crippen molar-refractivity contribution < 1.29 is 14.4 Å². The molecule has 0 radical (unpaired) electrons. The fourth-order valence-corrected chi connectivity index (χ4v) is 2.97. The number of likely N-dealkylation sites (tertiary alicyclic amines) is 1. The van der Waals surface area contributed by atoms with Crippen molar-refractivity contribution in [3.05, 3.63) is 24.3 Å². The van der Waals surface area contributed by atoms with Gasteiger partial charge in [0.05, 0.1) is 0 Å². The fourth-order valence-electron chi connectivity index (χ4n) is 2.97. The van der Waals surface area contributed by atoms with Crippen LogP contribution in [0.5, 0.6) is 0 Å². The molecule has 1 aliphatic rings. The molecule has 28 heavy (non-hydrogen) atoms. The van der Waals surface area contributed by atoms with Gasteiger partial charge < -0.3 is 26.2 Å². The number of carbonyl (C=O) groups excluding carboxylic acids is 3. The van der Waals surface area contributed by atoms with Crippen molar-refractivity contribution in [1.82, 2.24) is 15.5 Å². The van der Waals surface area contributed by atoms with E-state index in [1.807, 2.05) is 20.8 Å². The molecule has 1 heterocycles. The molecule has 0 atom stereocenters. The predicted molar refractivity (Wildman–Crippen MR) is 110 cm³/mol. The lowest BCUT2D eigenvalue weighted by Gasteiger charge is -2.31. The molecular weight excluding hydrogens is 358 g/mol. The molecule has 0 aromatic heterocycles. The molecule has 0 bridgehead atoms. The second-order valence-electron chi connectivity index (χ2n) is 7.39. The van der Waals surface area contributed by atoms with Crippen molar-refractivity contribution in [3.63, 3.8) is 0 Å². The summed E-state index contributed by atoms with van der Waals surface area (Å²) in [5.74, 6) is 0.439. The van der Waals surface area contributed by atoms with Crippen molar-refractivity contribution >= 4 is 29.3 Å². The van der Waals surface area contributed by atoms with Gasteiger partial charge in [-0.1, -0.05) is 13.8 Å². The second kappa shape index (κ2) is 10.5. The summed E-state index contributed by atoms with van der Waals surface area (Å²) in [6, 6.07) is 6.55. The minimum atomic E-state index is -0.250. The van der Waals surface area contributed by atoms with Crippen LogP contribution in [0.1, 0.15) is 33.6 Å². The van der Waals surface area contributed by atoms with Gasteiger partial charge >= 0.3 is 12.1 Å². The molecule has 1 aliphatic heterocycles. The van der Waals surface area contributed by atoms with E-state index in [4.69, 9.17) is 0 Å². The Bertz CT molecular complexity index is 667. The van der Waals surface area contributed by atoms with Gasteiger partial charge in [0.25, 0.3) is 0 Å². The number of amides is 5. The molecule has 5 amide bonds. The molecule has 1 saturated heterocycles. The molecule has 1 aromatic rings. The highest BCUT2D eigenvalue weighted by Crippen LogP contribution is 2.19. The van der Waals surface area contributed by atoms with Crippen molar-refractivity contribution in [3.8, 4) is 0 Å². The average Bonchev–Trinajstić information content (AvgIpc) is 2.68. The Kier molecular flexibility index (Phi) is 8.10. The fraction of sp³-hybridized carbons (Fsp3) is 0.550. The Morgan fingerprint density at radius 1 is 1.00 bits per heavy atom. The SMILES string of the molecule is CCNC(=O)C1CCN(C(=O)Nc2ccc(NC(=O)NCC(C)C)cc2)CC1. The van der Waals surface area contributed by atoms with E-state index < -0.39 is 0 Å². The lowest BCUT2D eigenvalue weighted by Crippen LogP contribution is -2.44. The number of nitrogens with one attached hydrogen (secondary N) is 4. The van der Waals surface area contributed by atoms with Crippen LogP contribution >= 0.6 is 0 Å². The maximum Gasteiger partial charge on any atom is 0.321 e. The first-order chi connectivity index (χ1) is 13.4. The van der Waals surface area contributed by atoms with Gasteiger partial charge in [-0.05, 0) is 49.9 Å². The number of hydrogen-bond acceptors (Lipinski definition) is 3. The van der Waals surface area contributed by atoms with Crippen LogP contribution in [0, 0.1) is 11.8 Å². The van der Waals surface area contributed by atoms with Crippen LogP contribution in [-0.2, 0) is 4.79 Å². The Morgan fingerprint density at radius 2 is 1.57 bits per heavy atom. The van der Waals surface area contributed by atoms with Gasteiger partial charge in [-0.3, -0.25) is 4.79 Å². The van der Waals surface area contributed by atoms with E-state index in [9.17, 15) is 14.4 Å². The van der Waals surface area contributed by atoms with E-state index in [1.54, 1.807) is 29.2 Å². The largest absolute Gasteiger partial charge is 0.356 e. The number of carbonyl (C=O) groups is 3. The zero-order valence-electron chi connectivity index (χ0n) is 16.9. The minimum Gasteiger partial charge on any atom is -0.356 e. The molecule has 8 nitrogen and oxygen atoms in total. The van der Waals surface area contributed by atoms with Gasteiger partial charge in [0.2, 0.25) is 5.91 Å². The third-order valence-electron chi connectivity index (χ3n) is 4.57. The van der Waals surface area contributed by atoms with Gasteiger partial charge in [0.15, 0.2) is 0 Å². The molecule has 4 N–H and O–H groups in total. The quantitative estimate of drug-likeness (QED) is 0.601. The van der Waals surface area contributed by atoms with Crippen LogP contribution in [0.25, 0.3) is 0 Å². The zero-order chi connectivity index (χ0) is 20.5. The summed E-state index contributed by atoms with van der Waals surface area (Å²) in [6.07, 6.45) is 1.35. The van der Waals surface area contributed by atoms with E-state index in [0.717, 1.165) is 0 Å². The van der Waals surface area contributed by atoms with Crippen molar-refractivity contribution in [2.75, 3.05) is 36.8 Å². The third-order valence-corrected chi connectivity index (χ3v) is 4.57. The van der Waals surface area contributed by atoms with Crippen LogP contribution in [0.2, 0.25) is 0 Å². The van der Waals surface area contributed by atoms with E-state index in [0.29, 0.717) is 56.3 Å². The summed E-state index contributed by atoms with van der Waals surface area (Å²) in [5.41, 5.74) is 1.31. The number of piperidine rings is 1. The Hall–Kier alpha value is -2.77.